The summed E-state index contributed by atoms with van der Waals surface area (Å²) in [4.78, 5) is 13.6. The van der Waals surface area contributed by atoms with Crippen molar-refractivity contribution in [2.24, 2.45) is 11.1 Å². The van der Waals surface area contributed by atoms with Gasteiger partial charge in [0, 0.05) is 31.1 Å². The number of phenols is 1. The summed E-state index contributed by atoms with van der Waals surface area (Å²) in [5.41, 5.74) is 1.85. The molecule has 4 nitrogen and oxygen atoms in total. The summed E-state index contributed by atoms with van der Waals surface area (Å²) < 4.78 is 0. The lowest BCUT2D eigenvalue weighted by Gasteiger charge is -2.44. The number of rotatable bonds is 3. The van der Waals surface area contributed by atoms with Crippen LogP contribution in [0.25, 0.3) is 0 Å². The van der Waals surface area contributed by atoms with Gasteiger partial charge >= 0.3 is 0 Å². The van der Waals surface area contributed by atoms with E-state index >= 15 is 0 Å². The summed E-state index contributed by atoms with van der Waals surface area (Å²) in [6.45, 7) is 6.44. The van der Waals surface area contributed by atoms with Crippen LogP contribution < -0.4 is 0 Å². The van der Waals surface area contributed by atoms with Crippen LogP contribution in [0.1, 0.15) is 29.5 Å². The fourth-order valence-electron chi connectivity index (χ4n) is 3.64. The highest BCUT2D eigenvalue weighted by molar-refractivity contribution is 5.46. The molecular formula is C15H18N2O2. The number of fused-ring (bicyclic) bond motifs is 4. The van der Waals surface area contributed by atoms with Gasteiger partial charge in [0.05, 0.1) is 0 Å². The van der Waals surface area contributed by atoms with Crippen molar-refractivity contribution in [2.45, 2.75) is 18.4 Å². The fourth-order valence-corrected chi connectivity index (χ4v) is 3.64. The molecule has 1 saturated heterocycles. The molecule has 2 aliphatic rings. The molecule has 1 aliphatic carbocycles. The molecule has 3 atom stereocenters. The van der Waals surface area contributed by atoms with Gasteiger partial charge in [-0.15, -0.1) is 6.58 Å². The van der Waals surface area contributed by atoms with Gasteiger partial charge in [-0.1, -0.05) is 23.4 Å². The smallest absolute Gasteiger partial charge is 0.125 e. The molecule has 100 valence electrons. The van der Waals surface area contributed by atoms with Crippen molar-refractivity contribution in [3.05, 3.63) is 46.9 Å². The van der Waals surface area contributed by atoms with Crippen molar-refractivity contribution < 1.29 is 5.11 Å². The topological polar surface area (TPSA) is 52.9 Å². The molecule has 19 heavy (non-hydrogen) atoms. The molecule has 1 fully saturated rings. The Morgan fingerprint density at radius 2 is 2.32 bits per heavy atom. The summed E-state index contributed by atoms with van der Waals surface area (Å²) in [6.07, 6.45) is 2.88. The third-order valence-electron chi connectivity index (χ3n) is 4.36. The molecular weight excluding hydrogens is 240 g/mol. The quantitative estimate of drug-likeness (QED) is 0.670. The molecule has 0 saturated carbocycles. The predicted octanol–water partition coefficient (Wildman–Crippen LogP) is 2.80. The molecule has 2 bridgehead atoms. The van der Waals surface area contributed by atoms with Gasteiger partial charge in [-0.3, -0.25) is 4.90 Å². The van der Waals surface area contributed by atoms with E-state index in [0.717, 1.165) is 37.2 Å². The van der Waals surface area contributed by atoms with Gasteiger partial charge in [0.25, 0.3) is 0 Å². The molecule has 0 aromatic heterocycles. The van der Waals surface area contributed by atoms with Crippen LogP contribution in [0.15, 0.2) is 36.0 Å². The van der Waals surface area contributed by atoms with Gasteiger partial charge in [-0.05, 0) is 24.0 Å². The van der Waals surface area contributed by atoms with E-state index < -0.39 is 6.04 Å². The third kappa shape index (κ3) is 1.96. The standard InChI is InChI=1S/C15H18N2O2/c1-2-6-17-8-10-7-11(9-17)15(16-19)14-12(10)4-3-5-13(14)18/h2-5,10-11,15,18H,1,6-9H2. The van der Waals surface area contributed by atoms with Crippen LogP contribution in [-0.4, -0.2) is 29.6 Å². The minimum Gasteiger partial charge on any atom is -0.508 e. The van der Waals surface area contributed by atoms with Crippen LogP contribution in [0.3, 0.4) is 0 Å². The maximum absolute atomic E-state index is 11.2. The number of aromatic hydroxyl groups is 1. The molecule has 0 spiro atoms. The Hall–Kier alpha value is -1.68. The highest BCUT2D eigenvalue weighted by Gasteiger charge is 2.41. The van der Waals surface area contributed by atoms with Crippen LogP contribution in [-0.2, 0) is 0 Å². The molecule has 1 aliphatic heterocycles. The third-order valence-corrected chi connectivity index (χ3v) is 4.36. The SMILES string of the molecule is C=CCN1CC2CC(C1)C(N=O)c1c(O)cccc12. The Balaban J connectivity index is 2.03. The summed E-state index contributed by atoms with van der Waals surface area (Å²) in [6, 6.07) is 5.11. The Bertz CT molecular complexity index is 515. The van der Waals surface area contributed by atoms with Gasteiger partial charge in [0.1, 0.15) is 11.8 Å². The van der Waals surface area contributed by atoms with Gasteiger partial charge < -0.3 is 5.11 Å². The first-order chi connectivity index (χ1) is 9.24. The second kappa shape index (κ2) is 4.78. The van der Waals surface area contributed by atoms with Crippen molar-refractivity contribution in [2.75, 3.05) is 19.6 Å². The number of likely N-dealkylation sites (tertiary alicyclic amines) is 1. The Kier molecular flexibility index (Phi) is 3.11. The van der Waals surface area contributed by atoms with E-state index in [-0.39, 0.29) is 11.7 Å². The van der Waals surface area contributed by atoms with E-state index in [1.807, 2.05) is 18.2 Å². The average molecular weight is 258 g/mol. The van der Waals surface area contributed by atoms with E-state index in [1.165, 1.54) is 0 Å². The predicted molar refractivity (Wildman–Crippen MR) is 74.1 cm³/mol. The van der Waals surface area contributed by atoms with E-state index in [1.54, 1.807) is 6.07 Å². The highest BCUT2D eigenvalue weighted by Crippen LogP contribution is 2.49. The monoisotopic (exact) mass is 258 g/mol. The van der Waals surface area contributed by atoms with Crippen molar-refractivity contribution in [1.29, 1.82) is 0 Å². The number of hydrogen-bond acceptors (Lipinski definition) is 4. The van der Waals surface area contributed by atoms with E-state index in [2.05, 4.69) is 16.7 Å². The van der Waals surface area contributed by atoms with Gasteiger partial charge in [0.2, 0.25) is 0 Å². The number of nitrogens with zero attached hydrogens (tertiary/aromatic N) is 2. The minimum absolute atomic E-state index is 0.206. The van der Waals surface area contributed by atoms with E-state index in [0.29, 0.717) is 5.92 Å². The van der Waals surface area contributed by atoms with Crippen molar-refractivity contribution in [3.63, 3.8) is 0 Å². The van der Waals surface area contributed by atoms with E-state index in [9.17, 15) is 10.0 Å². The normalized spacial score (nSPS) is 29.6. The molecule has 1 heterocycles. The molecule has 1 N–H and O–H groups in total. The lowest BCUT2D eigenvalue weighted by molar-refractivity contribution is 0.138. The van der Waals surface area contributed by atoms with Crippen LogP contribution in [0, 0.1) is 10.8 Å². The Morgan fingerprint density at radius 3 is 3.05 bits per heavy atom. The first-order valence-electron chi connectivity index (χ1n) is 6.72. The van der Waals surface area contributed by atoms with Crippen molar-refractivity contribution in [3.8, 4) is 5.75 Å². The van der Waals surface area contributed by atoms with Crippen LogP contribution in [0.4, 0.5) is 0 Å². The Labute approximate surface area is 112 Å². The number of nitroso groups, excluding NO2 is 1. The van der Waals surface area contributed by atoms with Gasteiger partial charge in [0.15, 0.2) is 0 Å². The number of benzene rings is 1. The number of piperidine rings is 1. The number of phenolic OH excluding ortho intramolecular Hbond substituents is 1. The number of hydrogen-bond donors (Lipinski definition) is 1. The van der Waals surface area contributed by atoms with Crippen molar-refractivity contribution >= 4 is 0 Å². The second-order valence-electron chi connectivity index (χ2n) is 5.53. The molecule has 4 heteroatoms. The molecule has 1 aromatic rings. The average Bonchev–Trinajstić information content (AvgIpc) is 2.41. The maximum atomic E-state index is 11.2. The van der Waals surface area contributed by atoms with Gasteiger partial charge in [-0.25, -0.2) is 0 Å². The summed E-state index contributed by atoms with van der Waals surface area (Å²) in [7, 11) is 0. The molecule has 3 rings (SSSR count). The van der Waals surface area contributed by atoms with Crippen LogP contribution in [0.2, 0.25) is 0 Å². The van der Waals surface area contributed by atoms with Gasteiger partial charge in [-0.2, -0.15) is 4.91 Å². The van der Waals surface area contributed by atoms with E-state index in [4.69, 9.17) is 0 Å². The minimum atomic E-state index is -0.417. The first kappa shape index (κ1) is 12.4. The zero-order chi connectivity index (χ0) is 13.4. The van der Waals surface area contributed by atoms with Crippen LogP contribution in [0.5, 0.6) is 5.75 Å². The second-order valence-corrected chi connectivity index (χ2v) is 5.53. The molecule has 3 unspecified atom stereocenters. The largest absolute Gasteiger partial charge is 0.508 e. The molecule has 0 amide bonds. The summed E-state index contributed by atoms with van der Waals surface area (Å²) in [5.74, 6) is 0.810. The molecule has 1 aromatic carbocycles. The highest BCUT2D eigenvalue weighted by atomic mass is 16.3. The summed E-state index contributed by atoms with van der Waals surface area (Å²) in [5, 5.41) is 13.4. The lowest BCUT2D eigenvalue weighted by atomic mass is 9.71. The summed E-state index contributed by atoms with van der Waals surface area (Å²) >= 11 is 0. The molecule has 0 radical (unpaired) electrons. The zero-order valence-corrected chi connectivity index (χ0v) is 10.8. The lowest BCUT2D eigenvalue weighted by Crippen LogP contribution is -2.44. The first-order valence-corrected chi connectivity index (χ1v) is 6.72. The zero-order valence-electron chi connectivity index (χ0n) is 10.8. The van der Waals surface area contributed by atoms with Crippen molar-refractivity contribution in [1.82, 2.24) is 4.90 Å². The maximum Gasteiger partial charge on any atom is 0.125 e. The fraction of sp³-hybridized carbons (Fsp3) is 0.467. The van der Waals surface area contributed by atoms with Crippen LogP contribution >= 0.6 is 0 Å². The Morgan fingerprint density at radius 1 is 1.47 bits per heavy atom.